The fraction of sp³-hybridized carbons (Fsp3) is 0.389. The third-order valence-corrected chi connectivity index (χ3v) is 4.45. The monoisotopic (exact) mass is 377 g/mol. The summed E-state index contributed by atoms with van der Waals surface area (Å²) in [5.74, 6) is -0.589. The molecular weight excluding hydrogens is 354 g/mol. The van der Waals surface area contributed by atoms with E-state index in [-0.39, 0.29) is 6.03 Å². The zero-order chi connectivity index (χ0) is 18.9. The Kier molecular flexibility index (Phi) is 7.40. The Morgan fingerprint density at radius 1 is 1.27 bits per heavy atom. The van der Waals surface area contributed by atoms with Crippen LogP contribution in [0.1, 0.15) is 31.9 Å². The number of hydrogen-bond donors (Lipinski definition) is 2. The highest BCUT2D eigenvalue weighted by molar-refractivity contribution is 7.13. The molecule has 0 aliphatic carbocycles. The van der Waals surface area contributed by atoms with Gasteiger partial charge in [0.25, 0.3) is 0 Å². The summed E-state index contributed by atoms with van der Waals surface area (Å²) in [5.41, 5.74) is 1.58. The number of urea groups is 1. The molecule has 0 spiro atoms. The van der Waals surface area contributed by atoms with Gasteiger partial charge in [-0.3, -0.25) is 10.2 Å². The molecule has 0 aliphatic rings. The maximum Gasteiger partial charge on any atom is 0.341 e. The number of carbonyl (C=O) groups excluding carboxylic acids is 1. The third-order valence-electron chi connectivity index (χ3n) is 3.57. The maximum atomic E-state index is 12.7. The molecule has 7 nitrogen and oxygen atoms in total. The summed E-state index contributed by atoms with van der Waals surface area (Å²) in [4.78, 5) is 29.2. The van der Waals surface area contributed by atoms with E-state index in [9.17, 15) is 9.59 Å². The van der Waals surface area contributed by atoms with Crippen LogP contribution in [0.2, 0.25) is 0 Å². The highest BCUT2D eigenvalue weighted by atomic mass is 32.1. The van der Waals surface area contributed by atoms with E-state index >= 15 is 0 Å². The number of thiazole rings is 1. The molecule has 0 unspecified atom stereocenters. The Bertz CT molecular complexity index is 730. The molecule has 2 N–H and O–H groups in total. The van der Waals surface area contributed by atoms with Crippen molar-refractivity contribution in [1.29, 1.82) is 0 Å². The number of nitrogens with one attached hydrogen (secondary N) is 1. The van der Waals surface area contributed by atoms with Crippen molar-refractivity contribution in [3.63, 3.8) is 0 Å². The normalized spacial score (nSPS) is 10.4. The second kappa shape index (κ2) is 9.76. The number of aryl methyl sites for hydroxylation is 1. The minimum Gasteiger partial charge on any atom is -0.482 e. The highest BCUT2D eigenvalue weighted by Crippen LogP contribution is 2.22. The first-order valence-electron chi connectivity index (χ1n) is 8.45. The highest BCUT2D eigenvalue weighted by Gasteiger charge is 2.17. The molecule has 0 aliphatic heterocycles. The second-order valence-corrected chi connectivity index (χ2v) is 6.62. The molecule has 1 aromatic heterocycles. The van der Waals surface area contributed by atoms with Crippen molar-refractivity contribution in [2.75, 3.05) is 23.4 Å². The first kappa shape index (κ1) is 19.7. The number of aliphatic carboxylic acids is 1. The van der Waals surface area contributed by atoms with Gasteiger partial charge in [0.2, 0.25) is 0 Å². The van der Waals surface area contributed by atoms with Crippen LogP contribution in [0.25, 0.3) is 0 Å². The topological polar surface area (TPSA) is 91.8 Å². The number of ether oxygens (including phenoxy) is 1. The van der Waals surface area contributed by atoms with Gasteiger partial charge in [-0.15, -0.1) is 11.3 Å². The third kappa shape index (κ3) is 6.03. The average molecular weight is 377 g/mol. The van der Waals surface area contributed by atoms with Crippen LogP contribution in [-0.4, -0.2) is 35.2 Å². The van der Waals surface area contributed by atoms with Crippen molar-refractivity contribution in [3.05, 3.63) is 35.3 Å². The lowest BCUT2D eigenvalue weighted by Crippen LogP contribution is -2.35. The van der Waals surface area contributed by atoms with Crippen molar-refractivity contribution in [2.45, 2.75) is 33.1 Å². The average Bonchev–Trinajstić information content (AvgIpc) is 3.02. The number of nitrogens with zero attached hydrogens (tertiary/aromatic N) is 2. The van der Waals surface area contributed by atoms with E-state index in [0.717, 1.165) is 30.6 Å². The van der Waals surface area contributed by atoms with Gasteiger partial charge in [-0.2, -0.15) is 0 Å². The van der Waals surface area contributed by atoms with Gasteiger partial charge in [0.05, 0.1) is 5.69 Å². The summed E-state index contributed by atoms with van der Waals surface area (Å²) in [6, 6.07) is 6.57. The van der Waals surface area contributed by atoms with E-state index in [1.807, 2.05) is 12.3 Å². The van der Waals surface area contributed by atoms with E-state index < -0.39 is 12.6 Å². The predicted octanol–water partition coefficient (Wildman–Crippen LogP) is 4.14. The van der Waals surface area contributed by atoms with Crippen molar-refractivity contribution in [1.82, 2.24) is 4.98 Å². The van der Waals surface area contributed by atoms with Crippen molar-refractivity contribution in [2.24, 2.45) is 0 Å². The van der Waals surface area contributed by atoms with Gasteiger partial charge in [-0.05, 0) is 37.6 Å². The molecule has 0 saturated carbocycles. The molecule has 8 heteroatoms. The largest absolute Gasteiger partial charge is 0.482 e. The van der Waals surface area contributed by atoms with Gasteiger partial charge < -0.3 is 9.84 Å². The van der Waals surface area contributed by atoms with Crippen LogP contribution in [0.5, 0.6) is 5.75 Å². The molecular formula is C18H23N3O4S. The minimum atomic E-state index is -1.03. The van der Waals surface area contributed by atoms with Gasteiger partial charge in [0.1, 0.15) is 5.75 Å². The van der Waals surface area contributed by atoms with Gasteiger partial charge in [-0.25, -0.2) is 14.6 Å². The fourth-order valence-electron chi connectivity index (χ4n) is 2.31. The summed E-state index contributed by atoms with van der Waals surface area (Å²) in [6.07, 6.45) is 2.97. The first-order valence-corrected chi connectivity index (χ1v) is 9.33. The maximum absolute atomic E-state index is 12.7. The fourth-order valence-corrected chi connectivity index (χ4v) is 2.98. The van der Waals surface area contributed by atoms with Crippen LogP contribution < -0.4 is 15.0 Å². The summed E-state index contributed by atoms with van der Waals surface area (Å²) in [5, 5.41) is 13.9. The second-order valence-electron chi connectivity index (χ2n) is 5.76. The molecule has 0 saturated heterocycles. The minimum absolute atomic E-state index is 0.241. The van der Waals surface area contributed by atoms with Crippen LogP contribution >= 0.6 is 11.3 Å². The number of unbranched alkanes of at least 4 members (excludes halogenated alkanes) is 2. The summed E-state index contributed by atoms with van der Waals surface area (Å²) >= 11 is 1.39. The smallest absolute Gasteiger partial charge is 0.341 e. The Morgan fingerprint density at radius 3 is 2.58 bits per heavy atom. The molecule has 1 heterocycles. The molecule has 0 bridgehead atoms. The number of amides is 2. The van der Waals surface area contributed by atoms with Gasteiger partial charge in [0, 0.05) is 17.6 Å². The zero-order valence-corrected chi connectivity index (χ0v) is 15.7. The molecule has 2 rings (SSSR count). The number of rotatable bonds is 9. The summed E-state index contributed by atoms with van der Waals surface area (Å²) < 4.78 is 5.13. The first-order chi connectivity index (χ1) is 12.5. The van der Waals surface area contributed by atoms with Gasteiger partial charge >= 0.3 is 12.0 Å². The Balaban J connectivity index is 2.09. The number of aromatic nitrogens is 1. The Labute approximate surface area is 156 Å². The van der Waals surface area contributed by atoms with E-state index in [1.165, 1.54) is 11.3 Å². The molecule has 0 fully saturated rings. The lowest BCUT2D eigenvalue weighted by molar-refractivity contribution is -0.139. The molecule has 140 valence electrons. The molecule has 0 atom stereocenters. The quantitative estimate of drug-likeness (QED) is 0.641. The van der Waals surface area contributed by atoms with Crippen LogP contribution in [0.4, 0.5) is 15.6 Å². The van der Waals surface area contributed by atoms with Crippen LogP contribution in [0.3, 0.4) is 0 Å². The summed E-state index contributed by atoms with van der Waals surface area (Å²) in [6.45, 7) is 4.17. The van der Waals surface area contributed by atoms with Crippen molar-refractivity contribution < 1.29 is 19.4 Å². The number of carbonyl (C=O) groups is 2. The Morgan fingerprint density at radius 2 is 2.00 bits per heavy atom. The lowest BCUT2D eigenvalue weighted by Gasteiger charge is -2.23. The molecule has 1 aromatic carbocycles. The number of benzene rings is 1. The Hall–Kier alpha value is -2.61. The van der Waals surface area contributed by atoms with E-state index in [4.69, 9.17) is 9.84 Å². The zero-order valence-electron chi connectivity index (χ0n) is 14.9. The van der Waals surface area contributed by atoms with Crippen LogP contribution in [-0.2, 0) is 4.79 Å². The SMILES string of the molecule is CCCCCN(C(=O)Nc1nc(C)cs1)c1ccc(OCC(=O)O)cc1. The standard InChI is InChI=1S/C18H23N3O4S/c1-3-4-5-10-21(18(24)20-17-19-13(2)12-26-17)14-6-8-15(9-7-14)25-11-16(22)23/h6-9,12H,3-5,10-11H2,1-2H3,(H,22,23)(H,19,20,24). The number of hydrogen-bond acceptors (Lipinski definition) is 5. The van der Waals surface area contributed by atoms with E-state index in [1.54, 1.807) is 29.2 Å². The van der Waals surface area contributed by atoms with E-state index in [2.05, 4.69) is 17.2 Å². The van der Waals surface area contributed by atoms with E-state index in [0.29, 0.717) is 17.4 Å². The van der Waals surface area contributed by atoms with Gasteiger partial charge in [0.15, 0.2) is 11.7 Å². The van der Waals surface area contributed by atoms with Gasteiger partial charge in [-0.1, -0.05) is 19.8 Å². The molecule has 2 aromatic rings. The van der Waals surface area contributed by atoms with Crippen molar-refractivity contribution >= 4 is 34.2 Å². The lowest BCUT2D eigenvalue weighted by atomic mass is 10.2. The van der Waals surface area contributed by atoms with Crippen LogP contribution in [0, 0.1) is 6.92 Å². The van der Waals surface area contributed by atoms with Crippen molar-refractivity contribution in [3.8, 4) is 5.75 Å². The number of carboxylic acids is 1. The molecule has 26 heavy (non-hydrogen) atoms. The molecule has 2 amide bonds. The van der Waals surface area contributed by atoms with Crippen LogP contribution in [0.15, 0.2) is 29.6 Å². The molecule has 0 radical (unpaired) electrons. The number of anilines is 2. The summed E-state index contributed by atoms with van der Waals surface area (Å²) in [7, 11) is 0. The number of carboxylic acid groups (broad SMARTS) is 1. The predicted molar refractivity (Wildman–Crippen MR) is 102 cm³/mol.